The summed E-state index contributed by atoms with van der Waals surface area (Å²) in [5, 5.41) is 9.41. The Bertz CT molecular complexity index is 527. The summed E-state index contributed by atoms with van der Waals surface area (Å²) in [4.78, 5) is 25.0. The molecule has 1 unspecified atom stereocenters. The van der Waals surface area contributed by atoms with Crippen molar-refractivity contribution in [2.24, 2.45) is 0 Å². The monoisotopic (exact) mass is 277 g/mol. The largest absolute Gasteiger partial charge is 0.492 e. The highest BCUT2D eigenvalue weighted by Crippen LogP contribution is 2.41. The Labute approximate surface area is 118 Å². The molecule has 2 rings (SSSR count). The molecule has 1 heterocycles. The number of nitrogens with zero attached hydrogens (tertiary/aromatic N) is 1. The number of anilines is 1. The van der Waals surface area contributed by atoms with Crippen LogP contribution in [0.4, 0.5) is 5.69 Å². The van der Waals surface area contributed by atoms with E-state index >= 15 is 0 Å². The fourth-order valence-corrected chi connectivity index (χ4v) is 2.67. The summed E-state index contributed by atoms with van der Waals surface area (Å²) in [7, 11) is 0. The van der Waals surface area contributed by atoms with Gasteiger partial charge in [0.25, 0.3) is 0 Å². The van der Waals surface area contributed by atoms with Crippen molar-refractivity contribution in [2.45, 2.75) is 32.6 Å². The molecule has 108 valence electrons. The molecular weight excluding hydrogens is 258 g/mol. The third-order valence-corrected chi connectivity index (χ3v) is 3.53. The highest BCUT2D eigenvalue weighted by Gasteiger charge is 2.31. The summed E-state index contributed by atoms with van der Waals surface area (Å²) in [5.74, 6) is -0.960. The van der Waals surface area contributed by atoms with Crippen LogP contribution >= 0.6 is 0 Å². The minimum atomic E-state index is -0.856. The lowest BCUT2D eigenvalue weighted by Gasteiger charge is -2.24. The third kappa shape index (κ3) is 2.61. The number of ether oxygens (including phenoxy) is 1. The van der Waals surface area contributed by atoms with E-state index in [1.165, 1.54) is 6.92 Å². The van der Waals surface area contributed by atoms with E-state index in [-0.39, 0.29) is 5.91 Å². The molecule has 1 N–H and O–H groups in total. The van der Waals surface area contributed by atoms with Gasteiger partial charge in [-0.05, 0) is 31.4 Å². The Hall–Kier alpha value is -2.04. The van der Waals surface area contributed by atoms with Crippen LogP contribution in [0.2, 0.25) is 0 Å². The van der Waals surface area contributed by atoms with Crippen molar-refractivity contribution >= 4 is 17.6 Å². The van der Waals surface area contributed by atoms with Gasteiger partial charge >= 0.3 is 5.97 Å². The van der Waals surface area contributed by atoms with Crippen LogP contribution in [0.25, 0.3) is 0 Å². The fraction of sp³-hybridized carbons (Fsp3) is 0.467. The Kier molecular flexibility index (Phi) is 4.27. The van der Waals surface area contributed by atoms with E-state index in [2.05, 4.69) is 0 Å². The average Bonchev–Trinajstić information content (AvgIpc) is 2.59. The molecule has 20 heavy (non-hydrogen) atoms. The number of carbonyl (C=O) groups excluding carboxylic acids is 1. The lowest BCUT2D eigenvalue weighted by atomic mass is 9.94. The van der Waals surface area contributed by atoms with E-state index in [0.29, 0.717) is 43.0 Å². The smallest absolute Gasteiger partial charge is 0.311 e. The maximum absolute atomic E-state index is 11.9. The Balaban J connectivity index is 2.60. The second kappa shape index (κ2) is 5.94. The molecule has 1 aromatic rings. The standard InChI is InChI=1S/C15H19NO4/c1-3-20-13-8-4-6-11-12(15(18)19)7-5-9-16(10(2)17)14(11)13/h4,6,8,12H,3,5,7,9H2,1-2H3,(H,18,19). The summed E-state index contributed by atoms with van der Waals surface area (Å²) >= 11 is 0. The van der Waals surface area contributed by atoms with Crippen LogP contribution in [0.3, 0.4) is 0 Å². The molecular formula is C15H19NO4. The van der Waals surface area contributed by atoms with Crippen molar-refractivity contribution < 1.29 is 19.4 Å². The lowest BCUT2D eigenvalue weighted by Crippen LogP contribution is -2.29. The molecule has 0 saturated carbocycles. The minimum absolute atomic E-state index is 0.0931. The van der Waals surface area contributed by atoms with Gasteiger partial charge in [-0.2, -0.15) is 0 Å². The van der Waals surface area contributed by atoms with Gasteiger partial charge in [0.05, 0.1) is 18.2 Å². The van der Waals surface area contributed by atoms with Gasteiger partial charge in [0.2, 0.25) is 5.91 Å². The summed E-state index contributed by atoms with van der Waals surface area (Å²) in [6.45, 7) is 4.35. The summed E-state index contributed by atoms with van der Waals surface area (Å²) in [6, 6.07) is 5.34. The van der Waals surface area contributed by atoms with Gasteiger partial charge in [-0.1, -0.05) is 12.1 Å². The number of amides is 1. The molecule has 0 bridgehead atoms. The number of para-hydroxylation sites is 1. The van der Waals surface area contributed by atoms with Gasteiger partial charge in [-0.25, -0.2) is 0 Å². The first-order valence-corrected chi connectivity index (χ1v) is 6.82. The normalized spacial score (nSPS) is 18.1. The Morgan fingerprint density at radius 3 is 2.80 bits per heavy atom. The molecule has 1 aliphatic rings. The predicted octanol–water partition coefficient (Wildman–Crippen LogP) is 2.40. The first kappa shape index (κ1) is 14.4. The summed E-state index contributed by atoms with van der Waals surface area (Å²) in [5.41, 5.74) is 1.28. The predicted molar refractivity (Wildman–Crippen MR) is 75.2 cm³/mol. The average molecular weight is 277 g/mol. The van der Waals surface area contributed by atoms with E-state index in [4.69, 9.17) is 4.74 Å². The highest BCUT2D eigenvalue weighted by molar-refractivity contribution is 5.96. The second-order valence-electron chi connectivity index (χ2n) is 4.83. The zero-order valence-electron chi connectivity index (χ0n) is 11.8. The minimum Gasteiger partial charge on any atom is -0.492 e. The van der Waals surface area contributed by atoms with Crippen molar-refractivity contribution in [1.82, 2.24) is 0 Å². The summed E-state index contributed by atoms with van der Waals surface area (Å²) < 4.78 is 5.58. The molecule has 0 aliphatic carbocycles. The molecule has 0 radical (unpaired) electrons. The van der Waals surface area contributed by atoms with Crippen molar-refractivity contribution in [3.05, 3.63) is 23.8 Å². The Morgan fingerprint density at radius 1 is 1.45 bits per heavy atom. The SMILES string of the molecule is CCOc1cccc2c1N(C(C)=O)CCCC2C(=O)O. The quantitative estimate of drug-likeness (QED) is 0.921. The highest BCUT2D eigenvalue weighted by atomic mass is 16.5. The Morgan fingerprint density at radius 2 is 2.20 bits per heavy atom. The molecule has 0 fully saturated rings. The lowest BCUT2D eigenvalue weighted by molar-refractivity contribution is -0.139. The molecule has 0 saturated heterocycles. The molecule has 5 heteroatoms. The van der Waals surface area contributed by atoms with Crippen LogP contribution in [0.1, 0.15) is 38.2 Å². The zero-order chi connectivity index (χ0) is 14.7. The number of carboxylic acids is 1. The van der Waals surface area contributed by atoms with E-state index in [0.717, 1.165) is 0 Å². The zero-order valence-corrected chi connectivity index (χ0v) is 11.8. The van der Waals surface area contributed by atoms with Crippen LogP contribution in [0.15, 0.2) is 18.2 Å². The molecule has 1 amide bonds. The maximum atomic E-state index is 11.9. The van der Waals surface area contributed by atoms with Crippen LogP contribution < -0.4 is 9.64 Å². The number of hydrogen-bond donors (Lipinski definition) is 1. The van der Waals surface area contributed by atoms with Crippen LogP contribution in [0, 0.1) is 0 Å². The van der Waals surface area contributed by atoms with Crippen LogP contribution in [-0.4, -0.2) is 30.1 Å². The van der Waals surface area contributed by atoms with Gasteiger partial charge in [-0.15, -0.1) is 0 Å². The third-order valence-electron chi connectivity index (χ3n) is 3.53. The van der Waals surface area contributed by atoms with Gasteiger partial charge in [0.1, 0.15) is 5.75 Å². The van der Waals surface area contributed by atoms with Gasteiger partial charge < -0.3 is 14.7 Å². The maximum Gasteiger partial charge on any atom is 0.311 e. The molecule has 1 aromatic carbocycles. The van der Waals surface area contributed by atoms with E-state index in [9.17, 15) is 14.7 Å². The molecule has 5 nitrogen and oxygen atoms in total. The van der Waals surface area contributed by atoms with E-state index < -0.39 is 11.9 Å². The number of hydrogen-bond acceptors (Lipinski definition) is 3. The number of aliphatic carboxylic acids is 1. The number of fused-ring (bicyclic) bond motifs is 1. The van der Waals surface area contributed by atoms with Gasteiger partial charge in [0, 0.05) is 13.5 Å². The first-order chi connectivity index (χ1) is 9.56. The topological polar surface area (TPSA) is 66.8 Å². The molecule has 0 spiro atoms. The first-order valence-electron chi connectivity index (χ1n) is 6.82. The molecule has 1 atom stereocenters. The van der Waals surface area contributed by atoms with Crippen LogP contribution in [-0.2, 0) is 9.59 Å². The van der Waals surface area contributed by atoms with Gasteiger partial charge in [0.15, 0.2) is 0 Å². The number of rotatable bonds is 3. The fourth-order valence-electron chi connectivity index (χ4n) is 2.67. The van der Waals surface area contributed by atoms with E-state index in [1.807, 2.05) is 6.92 Å². The van der Waals surface area contributed by atoms with E-state index in [1.54, 1.807) is 23.1 Å². The van der Waals surface area contributed by atoms with Crippen molar-refractivity contribution in [2.75, 3.05) is 18.1 Å². The number of carbonyl (C=O) groups is 2. The second-order valence-corrected chi connectivity index (χ2v) is 4.83. The number of benzene rings is 1. The number of carboxylic acid groups (broad SMARTS) is 1. The van der Waals surface area contributed by atoms with Crippen molar-refractivity contribution in [1.29, 1.82) is 0 Å². The van der Waals surface area contributed by atoms with Crippen molar-refractivity contribution in [3.63, 3.8) is 0 Å². The molecule has 0 aromatic heterocycles. The molecule has 1 aliphatic heterocycles. The summed E-state index contributed by atoms with van der Waals surface area (Å²) in [6.07, 6.45) is 1.19. The van der Waals surface area contributed by atoms with Crippen LogP contribution in [0.5, 0.6) is 5.75 Å². The van der Waals surface area contributed by atoms with Crippen molar-refractivity contribution in [3.8, 4) is 5.75 Å². The van der Waals surface area contributed by atoms with Gasteiger partial charge in [-0.3, -0.25) is 9.59 Å².